The number of fused-ring (bicyclic) bond motifs is 1. The lowest BCUT2D eigenvalue weighted by atomic mass is 9.88. The Kier molecular flexibility index (Phi) is 2.70. The van der Waals surface area contributed by atoms with E-state index in [0.29, 0.717) is 5.92 Å². The van der Waals surface area contributed by atoms with Crippen LogP contribution in [0, 0.1) is 0 Å². The van der Waals surface area contributed by atoms with E-state index < -0.39 is 0 Å². The smallest absolute Gasteiger partial charge is 0.160 e. The molecule has 1 atom stereocenters. The maximum Gasteiger partial charge on any atom is 0.160 e. The Morgan fingerprint density at radius 1 is 1.39 bits per heavy atom. The van der Waals surface area contributed by atoms with E-state index in [-0.39, 0.29) is 0 Å². The van der Waals surface area contributed by atoms with Gasteiger partial charge in [-0.1, -0.05) is 18.2 Å². The van der Waals surface area contributed by atoms with Crippen molar-refractivity contribution in [2.45, 2.75) is 12.3 Å². The van der Waals surface area contributed by atoms with Crippen LogP contribution in [0.25, 0.3) is 0 Å². The lowest BCUT2D eigenvalue weighted by Gasteiger charge is -2.27. The Morgan fingerprint density at radius 3 is 3.06 bits per heavy atom. The van der Waals surface area contributed by atoms with Crippen LogP contribution in [0.2, 0.25) is 0 Å². The van der Waals surface area contributed by atoms with Crippen molar-refractivity contribution in [1.82, 2.24) is 9.78 Å². The molecule has 0 radical (unpaired) electrons. The average molecular weight is 243 g/mol. The van der Waals surface area contributed by atoms with Crippen LogP contribution in [-0.2, 0) is 7.05 Å². The maximum absolute atomic E-state index is 5.43. The molecule has 94 valence electrons. The number of hydrogen-bond acceptors (Lipinski definition) is 3. The fourth-order valence-corrected chi connectivity index (χ4v) is 2.73. The van der Waals surface area contributed by atoms with Crippen molar-refractivity contribution in [1.29, 1.82) is 0 Å². The molecule has 1 aromatic carbocycles. The van der Waals surface area contributed by atoms with Crippen molar-refractivity contribution in [2.75, 3.05) is 19.0 Å². The van der Waals surface area contributed by atoms with Gasteiger partial charge in [-0.05, 0) is 18.1 Å². The molecular formula is C14H17N3O. The third-order valence-corrected chi connectivity index (χ3v) is 3.58. The monoisotopic (exact) mass is 243 g/mol. The van der Waals surface area contributed by atoms with Gasteiger partial charge in [0.1, 0.15) is 0 Å². The van der Waals surface area contributed by atoms with Crippen LogP contribution in [0.4, 0.5) is 5.69 Å². The first kappa shape index (κ1) is 11.1. The summed E-state index contributed by atoms with van der Waals surface area (Å²) in [6.45, 7) is 0.982. The molecule has 4 nitrogen and oxygen atoms in total. The van der Waals surface area contributed by atoms with Gasteiger partial charge in [0.15, 0.2) is 5.75 Å². The minimum absolute atomic E-state index is 0.352. The lowest BCUT2D eigenvalue weighted by molar-refractivity contribution is 0.404. The Labute approximate surface area is 107 Å². The van der Waals surface area contributed by atoms with Gasteiger partial charge in [-0.2, -0.15) is 5.10 Å². The molecule has 1 aliphatic heterocycles. The first-order valence-electron chi connectivity index (χ1n) is 6.20. The Bertz CT molecular complexity index is 562. The van der Waals surface area contributed by atoms with Gasteiger partial charge in [0.2, 0.25) is 0 Å². The summed E-state index contributed by atoms with van der Waals surface area (Å²) >= 11 is 0. The predicted octanol–water partition coefficient (Wildman–Crippen LogP) is 2.38. The molecule has 0 amide bonds. The SMILES string of the molecule is COc1cnn(C)c1C1CCNc2ccccc21. The summed E-state index contributed by atoms with van der Waals surface area (Å²) in [5.74, 6) is 1.23. The number of anilines is 1. The first-order valence-corrected chi connectivity index (χ1v) is 6.20. The topological polar surface area (TPSA) is 39.1 Å². The highest BCUT2D eigenvalue weighted by molar-refractivity contribution is 5.57. The molecule has 0 saturated carbocycles. The summed E-state index contributed by atoms with van der Waals surface area (Å²) in [4.78, 5) is 0. The van der Waals surface area contributed by atoms with Crippen LogP contribution < -0.4 is 10.1 Å². The van der Waals surface area contributed by atoms with Gasteiger partial charge < -0.3 is 10.1 Å². The van der Waals surface area contributed by atoms with E-state index in [9.17, 15) is 0 Å². The molecule has 0 bridgehead atoms. The van der Waals surface area contributed by atoms with Gasteiger partial charge in [0.25, 0.3) is 0 Å². The van der Waals surface area contributed by atoms with E-state index in [1.54, 1.807) is 13.3 Å². The minimum atomic E-state index is 0.352. The van der Waals surface area contributed by atoms with Crippen LogP contribution >= 0.6 is 0 Å². The van der Waals surface area contributed by atoms with Gasteiger partial charge in [-0.3, -0.25) is 4.68 Å². The quantitative estimate of drug-likeness (QED) is 0.880. The van der Waals surface area contributed by atoms with Crippen LogP contribution in [0.15, 0.2) is 30.5 Å². The second-order valence-corrected chi connectivity index (χ2v) is 4.58. The summed E-state index contributed by atoms with van der Waals surface area (Å²) in [5, 5.41) is 7.75. The van der Waals surface area contributed by atoms with Crippen molar-refractivity contribution in [3.05, 3.63) is 41.7 Å². The largest absolute Gasteiger partial charge is 0.493 e. The molecule has 0 fully saturated rings. The summed E-state index contributed by atoms with van der Waals surface area (Å²) in [6, 6.07) is 8.46. The van der Waals surface area contributed by atoms with Crippen molar-refractivity contribution in [3.63, 3.8) is 0 Å². The maximum atomic E-state index is 5.43. The van der Waals surface area contributed by atoms with Gasteiger partial charge in [0, 0.05) is 25.2 Å². The van der Waals surface area contributed by atoms with E-state index in [2.05, 4.69) is 34.7 Å². The van der Waals surface area contributed by atoms with E-state index in [4.69, 9.17) is 4.74 Å². The molecule has 1 aliphatic rings. The second kappa shape index (κ2) is 4.37. The van der Waals surface area contributed by atoms with Crippen LogP contribution in [0.3, 0.4) is 0 Å². The second-order valence-electron chi connectivity index (χ2n) is 4.58. The molecule has 4 heteroatoms. The van der Waals surface area contributed by atoms with Crippen LogP contribution in [0.5, 0.6) is 5.75 Å². The zero-order chi connectivity index (χ0) is 12.5. The predicted molar refractivity (Wildman–Crippen MR) is 71.2 cm³/mol. The summed E-state index contributed by atoms with van der Waals surface area (Å²) in [7, 11) is 3.68. The Balaban J connectivity index is 2.11. The van der Waals surface area contributed by atoms with Gasteiger partial charge in [-0.15, -0.1) is 0 Å². The highest BCUT2D eigenvalue weighted by atomic mass is 16.5. The first-order chi connectivity index (χ1) is 8.81. The number of aromatic nitrogens is 2. The number of nitrogens with one attached hydrogen (secondary N) is 1. The summed E-state index contributed by atoms with van der Waals surface area (Å²) in [5.41, 5.74) is 3.70. The zero-order valence-corrected chi connectivity index (χ0v) is 10.7. The third kappa shape index (κ3) is 1.65. The normalized spacial score (nSPS) is 18.0. The van der Waals surface area contributed by atoms with Crippen molar-refractivity contribution >= 4 is 5.69 Å². The molecular weight excluding hydrogens is 226 g/mol. The van der Waals surface area contributed by atoms with E-state index in [1.165, 1.54) is 11.3 Å². The number of para-hydroxylation sites is 1. The fourth-order valence-electron chi connectivity index (χ4n) is 2.73. The Hall–Kier alpha value is -1.97. The molecule has 1 aromatic heterocycles. The number of benzene rings is 1. The van der Waals surface area contributed by atoms with E-state index >= 15 is 0 Å². The summed E-state index contributed by atoms with van der Waals surface area (Å²) in [6.07, 6.45) is 2.85. The van der Waals surface area contributed by atoms with Gasteiger partial charge in [0.05, 0.1) is 19.0 Å². The molecule has 2 heterocycles. The van der Waals surface area contributed by atoms with Crippen LogP contribution in [0.1, 0.15) is 23.6 Å². The highest BCUT2D eigenvalue weighted by Gasteiger charge is 2.26. The third-order valence-electron chi connectivity index (χ3n) is 3.58. The molecule has 1 unspecified atom stereocenters. The molecule has 1 N–H and O–H groups in total. The summed E-state index contributed by atoms with van der Waals surface area (Å²) < 4.78 is 7.35. The van der Waals surface area contributed by atoms with Crippen LogP contribution in [-0.4, -0.2) is 23.4 Å². The molecule has 18 heavy (non-hydrogen) atoms. The van der Waals surface area contributed by atoms with Gasteiger partial charge in [-0.25, -0.2) is 0 Å². The molecule has 2 aromatic rings. The standard InChI is InChI=1S/C14H17N3O/c1-17-14(13(18-2)9-16-17)11-7-8-15-12-6-4-3-5-10(11)12/h3-6,9,11,15H,7-8H2,1-2H3. The molecule has 3 rings (SSSR count). The van der Waals surface area contributed by atoms with E-state index in [1.807, 2.05) is 11.7 Å². The van der Waals surface area contributed by atoms with Crippen molar-refractivity contribution < 1.29 is 4.74 Å². The number of rotatable bonds is 2. The van der Waals surface area contributed by atoms with Crippen molar-refractivity contribution in [2.24, 2.45) is 7.05 Å². The van der Waals surface area contributed by atoms with E-state index in [0.717, 1.165) is 24.4 Å². The number of ether oxygens (including phenoxy) is 1. The van der Waals surface area contributed by atoms with Gasteiger partial charge >= 0.3 is 0 Å². The average Bonchev–Trinajstić information content (AvgIpc) is 2.79. The Morgan fingerprint density at radius 2 is 2.22 bits per heavy atom. The number of nitrogens with zero attached hydrogens (tertiary/aromatic N) is 2. The number of aryl methyl sites for hydroxylation is 1. The number of methoxy groups -OCH3 is 1. The van der Waals surface area contributed by atoms with Crippen molar-refractivity contribution in [3.8, 4) is 5.75 Å². The molecule has 0 spiro atoms. The molecule has 0 aliphatic carbocycles. The minimum Gasteiger partial charge on any atom is -0.493 e. The fraction of sp³-hybridized carbons (Fsp3) is 0.357. The number of hydrogen-bond donors (Lipinski definition) is 1. The molecule has 0 saturated heterocycles. The zero-order valence-electron chi connectivity index (χ0n) is 10.7. The lowest BCUT2D eigenvalue weighted by Crippen LogP contribution is -2.19. The highest BCUT2D eigenvalue weighted by Crippen LogP contribution is 2.39.